The molecule has 140 valence electrons. The van der Waals surface area contributed by atoms with Crippen LogP contribution in [0.3, 0.4) is 0 Å². The Morgan fingerprint density at radius 1 is 0.690 bits per heavy atom. The second-order valence-electron chi connectivity index (χ2n) is 7.75. The van der Waals surface area contributed by atoms with E-state index in [1.54, 1.807) is 0 Å². The number of rotatable bonds is 0. The summed E-state index contributed by atoms with van der Waals surface area (Å²) in [4.78, 5) is 4.14. The predicted molar refractivity (Wildman–Crippen MR) is 127 cm³/mol. The molecule has 2 heterocycles. The maximum atomic E-state index is 2.40. The van der Waals surface area contributed by atoms with Crippen molar-refractivity contribution < 1.29 is 0 Å². The Labute approximate surface area is 180 Å². The summed E-state index contributed by atoms with van der Waals surface area (Å²) in [7, 11) is 0. The number of fused-ring (bicyclic) bond motifs is 5. The molecule has 1 atom stereocenters. The molecule has 0 saturated heterocycles. The van der Waals surface area contributed by atoms with Crippen LogP contribution >= 0.6 is 23.5 Å². The quantitative estimate of drug-likeness (QED) is 0.254. The highest BCUT2D eigenvalue weighted by Crippen LogP contribution is 2.53. The van der Waals surface area contributed by atoms with Gasteiger partial charge >= 0.3 is 0 Å². The third-order valence-electron chi connectivity index (χ3n) is 5.94. The summed E-state index contributed by atoms with van der Waals surface area (Å²) in [6.07, 6.45) is 0. The number of allylic oxidation sites excluding steroid dienone is 1. The zero-order valence-corrected chi connectivity index (χ0v) is 17.8. The smallest absolute Gasteiger partial charge is 0.0201 e. The molecule has 0 amide bonds. The van der Waals surface area contributed by atoms with Crippen molar-refractivity contribution in [3.63, 3.8) is 0 Å². The van der Waals surface area contributed by atoms with Crippen LogP contribution in [0.4, 0.5) is 0 Å². The van der Waals surface area contributed by atoms with E-state index < -0.39 is 0 Å². The third-order valence-corrected chi connectivity index (χ3v) is 8.41. The third kappa shape index (κ3) is 2.70. The van der Waals surface area contributed by atoms with Crippen LogP contribution in [0.1, 0.15) is 23.6 Å². The normalized spacial score (nSPS) is 17.6. The molecule has 1 unspecified atom stereocenters. The summed E-state index contributed by atoms with van der Waals surface area (Å²) in [6, 6.07) is 31.3. The highest BCUT2D eigenvalue weighted by atomic mass is 32.2. The van der Waals surface area contributed by atoms with E-state index in [0.717, 1.165) is 5.75 Å². The molecule has 0 N–H and O–H groups in total. The first kappa shape index (κ1) is 17.4. The lowest BCUT2D eigenvalue weighted by Crippen LogP contribution is -2.13. The lowest BCUT2D eigenvalue weighted by Gasteiger charge is -2.32. The molecule has 2 aliphatic rings. The van der Waals surface area contributed by atoms with Gasteiger partial charge in [0.25, 0.3) is 0 Å². The van der Waals surface area contributed by atoms with Crippen molar-refractivity contribution in [1.82, 2.24) is 0 Å². The minimum absolute atomic E-state index is 0.498. The molecule has 0 spiro atoms. The van der Waals surface area contributed by atoms with Crippen LogP contribution in [0.5, 0.6) is 0 Å². The van der Waals surface area contributed by atoms with Crippen molar-refractivity contribution in [2.45, 2.75) is 21.6 Å². The SMILES string of the molecule is CC1CSc2ccc3ccccc3c2C1=C1c2ccccc2Sc2ccccc21. The molecule has 0 radical (unpaired) electrons. The van der Waals surface area contributed by atoms with E-state index in [1.807, 2.05) is 23.5 Å². The molecule has 0 aliphatic carbocycles. The lowest BCUT2D eigenvalue weighted by atomic mass is 9.81. The largest absolute Gasteiger partial charge is 0.125 e. The van der Waals surface area contributed by atoms with Gasteiger partial charge in [-0.15, -0.1) is 11.8 Å². The van der Waals surface area contributed by atoms with Gasteiger partial charge in [-0.25, -0.2) is 0 Å². The van der Waals surface area contributed by atoms with Gasteiger partial charge in [0, 0.05) is 20.4 Å². The highest BCUT2D eigenvalue weighted by molar-refractivity contribution is 7.99. The van der Waals surface area contributed by atoms with Gasteiger partial charge in [0.15, 0.2) is 0 Å². The molecule has 2 aliphatic heterocycles. The van der Waals surface area contributed by atoms with Crippen molar-refractivity contribution in [3.8, 4) is 0 Å². The second-order valence-corrected chi connectivity index (χ2v) is 9.90. The Morgan fingerprint density at radius 3 is 2.10 bits per heavy atom. The van der Waals surface area contributed by atoms with E-state index in [0.29, 0.717) is 5.92 Å². The van der Waals surface area contributed by atoms with Crippen LogP contribution in [0, 0.1) is 5.92 Å². The van der Waals surface area contributed by atoms with Gasteiger partial charge in [-0.05, 0) is 62.7 Å². The molecule has 4 aromatic rings. The van der Waals surface area contributed by atoms with Gasteiger partial charge in [0.1, 0.15) is 0 Å². The van der Waals surface area contributed by atoms with E-state index in [4.69, 9.17) is 0 Å². The molecule has 0 nitrogen and oxygen atoms in total. The van der Waals surface area contributed by atoms with Crippen LogP contribution in [-0.4, -0.2) is 5.75 Å². The molecular weight excluding hydrogens is 388 g/mol. The molecule has 0 bridgehead atoms. The van der Waals surface area contributed by atoms with Gasteiger partial charge in [-0.2, -0.15) is 0 Å². The fourth-order valence-electron chi connectivity index (χ4n) is 4.64. The van der Waals surface area contributed by atoms with Crippen molar-refractivity contribution in [2.24, 2.45) is 5.92 Å². The number of hydrogen-bond donors (Lipinski definition) is 0. The highest BCUT2D eigenvalue weighted by Gasteiger charge is 2.30. The average molecular weight is 409 g/mol. The van der Waals surface area contributed by atoms with Crippen LogP contribution in [0.2, 0.25) is 0 Å². The summed E-state index contributed by atoms with van der Waals surface area (Å²) in [5, 5.41) is 2.70. The van der Waals surface area contributed by atoms with E-state index in [-0.39, 0.29) is 0 Å². The minimum atomic E-state index is 0.498. The first-order chi connectivity index (χ1) is 14.3. The molecule has 0 saturated carbocycles. The number of hydrogen-bond acceptors (Lipinski definition) is 2. The van der Waals surface area contributed by atoms with Gasteiger partial charge in [0.2, 0.25) is 0 Å². The van der Waals surface area contributed by atoms with E-state index in [1.165, 1.54) is 53.3 Å². The Balaban J connectivity index is 1.78. The Morgan fingerprint density at radius 2 is 1.34 bits per heavy atom. The Kier molecular flexibility index (Phi) is 4.11. The van der Waals surface area contributed by atoms with Crippen LogP contribution in [0.15, 0.2) is 99.6 Å². The molecule has 0 aromatic heterocycles. The van der Waals surface area contributed by atoms with Crippen LogP contribution in [0.25, 0.3) is 21.9 Å². The van der Waals surface area contributed by atoms with Crippen LogP contribution in [-0.2, 0) is 0 Å². The topological polar surface area (TPSA) is 0 Å². The van der Waals surface area contributed by atoms with Crippen LogP contribution < -0.4 is 0 Å². The second kappa shape index (κ2) is 6.83. The number of thioether (sulfide) groups is 1. The molecule has 6 rings (SSSR count). The lowest BCUT2D eigenvalue weighted by molar-refractivity contribution is 0.858. The minimum Gasteiger partial charge on any atom is -0.125 e. The Hall–Kier alpha value is -2.42. The first-order valence-electron chi connectivity index (χ1n) is 10.1. The maximum Gasteiger partial charge on any atom is 0.0201 e. The summed E-state index contributed by atoms with van der Waals surface area (Å²) < 4.78 is 0. The molecule has 4 aromatic carbocycles. The fourth-order valence-corrected chi connectivity index (χ4v) is 6.86. The molecular formula is C27H20S2. The summed E-state index contributed by atoms with van der Waals surface area (Å²) >= 11 is 3.90. The fraction of sp³-hybridized carbons (Fsp3) is 0.111. The maximum absolute atomic E-state index is 2.40. The van der Waals surface area contributed by atoms with Gasteiger partial charge in [0.05, 0.1) is 0 Å². The van der Waals surface area contributed by atoms with Crippen molar-refractivity contribution in [1.29, 1.82) is 0 Å². The Bertz CT molecular complexity index is 1250. The molecule has 29 heavy (non-hydrogen) atoms. The summed E-state index contributed by atoms with van der Waals surface area (Å²) in [5.74, 6) is 1.62. The number of benzene rings is 4. The van der Waals surface area contributed by atoms with Gasteiger partial charge in [-0.1, -0.05) is 85.4 Å². The van der Waals surface area contributed by atoms with E-state index in [2.05, 4.69) is 91.9 Å². The molecule has 2 heteroatoms. The summed E-state index contributed by atoms with van der Waals surface area (Å²) in [5.41, 5.74) is 7.14. The van der Waals surface area contributed by atoms with Gasteiger partial charge in [-0.3, -0.25) is 0 Å². The monoisotopic (exact) mass is 408 g/mol. The van der Waals surface area contributed by atoms with E-state index in [9.17, 15) is 0 Å². The van der Waals surface area contributed by atoms with Crippen molar-refractivity contribution in [3.05, 3.63) is 102 Å². The zero-order valence-electron chi connectivity index (χ0n) is 16.2. The van der Waals surface area contributed by atoms with E-state index >= 15 is 0 Å². The summed E-state index contributed by atoms with van der Waals surface area (Å²) in [6.45, 7) is 2.40. The average Bonchev–Trinajstić information content (AvgIpc) is 2.78. The van der Waals surface area contributed by atoms with Crippen molar-refractivity contribution in [2.75, 3.05) is 5.75 Å². The zero-order chi connectivity index (χ0) is 19.4. The van der Waals surface area contributed by atoms with Gasteiger partial charge < -0.3 is 0 Å². The first-order valence-corrected chi connectivity index (χ1v) is 11.9. The predicted octanol–water partition coefficient (Wildman–Crippen LogP) is 8.01. The standard InChI is InChI=1S/C27H20S2/c1-17-16-28-24-15-14-18-8-2-3-9-19(18)27(24)25(17)26-20-10-4-6-12-22(20)29-23-13-7-5-11-21(23)26/h2-15,17H,16H2,1H3. The molecule has 0 fully saturated rings. The van der Waals surface area contributed by atoms with Crippen molar-refractivity contribution >= 4 is 45.4 Å².